The number of unbranched alkanes of at least 4 members (excludes halogenated alkanes) is 30. The van der Waals surface area contributed by atoms with Crippen LogP contribution in [0.4, 0.5) is 0 Å². The number of Topliss-reactive ketones (excluding diaryl/α,β-unsaturated/α-hetero) is 1. The molecule has 0 heterocycles. The summed E-state index contributed by atoms with van der Waals surface area (Å²) in [7, 11) is 0. The average molecular weight is 785 g/mol. The highest BCUT2D eigenvalue weighted by Gasteiger charge is 2.29. The molecule has 0 radical (unpaired) electrons. The van der Waals surface area contributed by atoms with E-state index >= 15 is 0 Å². The molecule has 0 N–H and O–H groups in total. The highest BCUT2D eigenvalue weighted by Crippen LogP contribution is 2.30. The summed E-state index contributed by atoms with van der Waals surface area (Å²) in [5, 5.41) is 0. The van der Waals surface area contributed by atoms with Crippen molar-refractivity contribution in [1.82, 2.24) is 9.80 Å². The van der Waals surface area contributed by atoms with E-state index in [4.69, 9.17) is 0 Å². The van der Waals surface area contributed by atoms with Crippen LogP contribution < -0.4 is 0 Å². The third kappa shape index (κ3) is 30.6. The van der Waals surface area contributed by atoms with Crippen molar-refractivity contribution in [2.45, 2.75) is 308 Å². The van der Waals surface area contributed by atoms with Crippen LogP contribution in [0.1, 0.15) is 296 Å². The molecular formula is C53H104N2O. The summed E-state index contributed by atoms with van der Waals surface area (Å²) in [6.07, 6.45) is 61.3. The SMILES string of the molecule is CCCCCCCCCCCCCCCCCCN(CCCCCCCCCCCCCCCCCC)CCC(=O)CCN(C1CCCCC1)C1CCCCC1. The van der Waals surface area contributed by atoms with E-state index in [1.165, 1.54) is 283 Å². The lowest BCUT2D eigenvalue weighted by Crippen LogP contribution is -2.46. The first-order chi connectivity index (χ1) is 27.7. The fourth-order valence-corrected chi connectivity index (χ4v) is 10.3. The normalized spacial score (nSPS) is 15.8. The molecule has 0 aliphatic heterocycles. The molecule has 2 aliphatic rings. The van der Waals surface area contributed by atoms with Crippen LogP contribution in [0.5, 0.6) is 0 Å². The monoisotopic (exact) mass is 785 g/mol. The Bertz CT molecular complexity index is 747. The lowest BCUT2D eigenvalue weighted by Gasteiger charge is -2.41. The van der Waals surface area contributed by atoms with Gasteiger partial charge in [0.1, 0.15) is 5.78 Å². The van der Waals surface area contributed by atoms with Crippen molar-refractivity contribution in [3.05, 3.63) is 0 Å². The fourth-order valence-electron chi connectivity index (χ4n) is 10.3. The molecule has 0 amide bonds. The van der Waals surface area contributed by atoms with E-state index in [1.54, 1.807) is 0 Å². The van der Waals surface area contributed by atoms with E-state index in [0.29, 0.717) is 5.78 Å². The zero-order valence-corrected chi connectivity index (χ0v) is 38.9. The molecule has 2 saturated carbocycles. The molecule has 0 bridgehead atoms. The molecule has 3 nitrogen and oxygen atoms in total. The molecule has 0 aromatic rings. The van der Waals surface area contributed by atoms with E-state index in [-0.39, 0.29) is 0 Å². The standard InChI is InChI=1S/C53H104N2O/c1-3-5-7-9-11-13-15-17-19-21-23-25-27-29-31-39-47-54(48-40-32-30-28-26-24-22-20-18-16-14-12-10-8-6-4-2)49-45-53(56)46-50-55(51-41-35-33-36-42-51)52-43-37-34-38-44-52/h51-52H,3-50H2,1-2H3. The van der Waals surface area contributed by atoms with Gasteiger partial charge < -0.3 is 4.90 Å². The van der Waals surface area contributed by atoms with Crippen LogP contribution in [0.3, 0.4) is 0 Å². The van der Waals surface area contributed by atoms with Gasteiger partial charge in [0.2, 0.25) is 0 Å². The lowest BCUT2D eigenvalue weighted by atomic mass is 9.88. The molecule has 0 atom stereocenters. The Morgan fingerprint density at radius 3 is 0.911 bits per heavy atom. The van der Waals surface area contributed by atoms with Gasteiger partial charge >= 0.3 is 0 Å². The van der Waals surface area contributed by atoms with Gasteiger partial charge in [0.25, 0.3) is 0 Å². The fraction of sp³-hybridized carbons (Fsp3) is 0.981. The molecular weight excluding hydrogens is 681 g/mol. The van der Waals surface area contributed by atoms with Gasteiger partial charge in [-0.05, 0) is 51.6 Å². The minimum absolute atomic E-state index is 0.533. The Kier molecular flexibility index (Phi) is 37.0. The molecule has 332 valence electrons. The molecule has 0 saturated heterocycles. The van der Waals surface area contributed by atoms with E-state index in [2.05, 4.69) is 23.6 Å². The quantitative estimate of drug-likeness (QED) is 0.0576. The maximum Gasteiger partial charge on any atom is 0.135 e. The van der Waals surface area contributed by atoms with Crippen LogP contribution in [0.25, 0.3) is 0 Å². The zero-order valence-electron chi connectivity index (χ0n) is 38.9. The van der Waals surface area contributed by atoms with Crippen molar-refractivity contribution < 1.29 is 4.79 Å². The Labute approximate surface area is 353 Å². The zero-order chi connectivity index (χ0) is 39.8. The van der Waals surface area contributed by atoms with Crippen molar-refractivity contribution in [1.29, 1.82) is 0 Å². The second-order valence-corrected chi connectivity index (χ2v) is 19.3. The predicted molar refractivity (Wildman–Crippen MR) is 250 cm³/mol. The molecule has 0 aromatic carbocycles. The Morgan fingerprint density at radius 2 is 0.607 bits per heavy atom. The summed E-state index contributed by atoms with van der Waals surface area (Å²) in [6, 6.07) is 1.50. The van der Waals surface area contributed by atoms with Gasteiger partial charge in [0, 0.05) is 38.0 Å². The van der Waals surface area contributed by atoms with Crippen LogP contribution in [-0.4, -0.2) is 53.8 Å². The number of ketones is 1. The first kappa shape index (κ1) is 51.7. The molecule has 2 fully saturated rings. The maximum atomic E-state index is 13.4. The van der Waals surface area contributed by atoms with Gasteiger partial charge in [-0.3, -0.25) is 9.69 Å². The van der Waals surface area contributed by atoms with Crippen LogP contribution >= 0.6 is 0 Å². The Balaban J connectivity index is 1.60. The average Bonchev–Trinajstić information content (AvgIpc) is 3.23. The van der Waals surface area contributed by atoms with E-state index < -0.39 is 0 Å². The molecule has 2 rings (SSSR count). The van der Waals surface area contributed by atoms with Gasteiger partial charge in [-0.25, -0.2) is 0 Å². The predicted octanol–water partition coefficient (Wildman–Crippen LogP) is 17.1. The molecule has 0 aromatic heterocycles. The molecule has 0 unspecified atom stereocenters. The van der Waals surface area contributed by atoms with E-state index in [9.17, 15) is 4.79 Å². The Hall–Kier alpha value is -0.410. The van der Waals surface area contributed by atoms with Gasteiger partial charge in [0.15, 0.2) is 0 Å². The van der Waals surface area contributed by atoms with Crippen molar-refractivity contribution in [3.8, 4) is 0 Å². The third-order valence-electron chi connectivity index (χ3n) is 14.1. The van der Waals surface area contributed by atoms with Crippen molar-refractivity contribution >= 4 is 5.78 Å². The third-order valence-corrected chi connectivity index (χ3v) is 14.1. The molecule has 2 aliphatic carbocycles. The number of carbonyl (C=O) groups is 1. The second-order valence-electron chi connectivity index (χ2n) is 19.3. The summed E-state index contributed by atoms with van der Waals surface area (Å²) in [6.45, 7) is 9.08. The highest BCUT2D eigenvalue weighted by atomic mass is 16.1. The number of hydrogen-bond donors (Lipinski definition) is 0. The van der Waals surface area contributed by atoms with E-state index in [1.807, 2.05) is 0 Å². The number of nitrogens with zero attached hydrogens (tertiary/aromatic N) is 2. The van der Waals surface area contributed by atoms with Gasteiger partial charge in [0.05, 0.1) is 0 Å². The van der Waals surface area contributed by atoms with Crippen molar-refractivity contribution in [2.24, 2.45) is 0 Å². The van der Waals surface area contributed by atoms with Crippen LogP contribution in [0.2, 0.25) is 0 Å². The number of rotatable bonds is 42. The molecule has 3 heteroatoms. The number of carbonyl (C=O) groups excluding carboxylic acids is 1. The smallest absolute Gasteiger partial charge is 0.135 e. The first-order valence-electron chi connectivity index (χ1n) is 26.7. The lowest BCUT2D eigenvalue weighted by molar-refractivity contribution is -0.120. The Morgan fingerprint density at radius 1 is 0.339 bits per heavy atom. The summed E-state index contributed by atoms with van der Waals surface area (Å²) < 4.78 is 0. The summed E-state index contributed by atoms with van der Waals surface area (Å²) in [5.41, 5.74) is 0. The van der Waals surface area contributed by atoms with Gasteiger partial charge in [-0.1, -0.05) is 245 Å². The first-order valence-corrected chi connectivity index (χ1v) is 26.7. The topological polar surface area (TPSA) is 23.6 Å². The minimum atomic E-state index is 0.533. The summed E-state index contributed by atoms with van der Waals surface area (Å²) >= 11 is 0. The van der Waals surface area contributed by atoms with Crippen molar-refractivity contribution in [3.63, 3.8) is 0 Å². The largest absolute Gasteiger partial charge is 0.303 e. The summed E-state index contributed by atoms with van der Waals surface area (Å²) in [5.74, 6) is 0.533. The highest BCUT2D eigenvalue weighted by molar-refractivity contribution is 5.78. The van der Waals surface area contributed by atoms with Crippen LogP contribution in [0.15, 0.2) is 0 Å². The van der Waals surface area contributed by atoms with Gasteiger partial charge in [-0.15, -0.1) is 0 Å². The number of hydrogen-bond acceptors (Lipinski definition) is 3. The van der Waals surface area contributed by atoms with E-state index in [0.717, 1.165) is 38.0 Å². The summed E-state index contributed by atoms with van der Waals surface area (Å²) in [4.78, 5) is 19.0. The van der Waals surface area contributed by atoms with Crippen molar-refractivity contribution in [2.75, 3.05) is 26.2 Å². The second kappa shape index (κ2) is 40.0. The van der Waals surface area contributed by atoms with Crippen LogP contribution in [0, 0.1) is 0 Å². The van der Waals surface area contributed by atoms with Gasteiger partial charge in [-0.2, -0.15) is 0 Å². The van der Waals surface area contributed by atoms with Crippen LogP contribution in [-0.2, 0) is 4.79 Å². The molecule has 56 heavy (non-hydrogen) atoms. The maximum absolute atomic E-state index is 13.4. The molecule has 0 spiro atoms. The minimum Gasteiger partial charge on any atom is -0.303 e.